The van der Waals surface area contributed by atoms with Crippen LogP contribution in [-0.4, -0.2) is 15.0 Å². The van der Waals surface area contributed by atoms with Crippen molar-refractivity contribution >= 4 is 0 Å². The zero-order valence-corrected chi connectivity index (χ0v) is 51.1. The second-order valence-electron chi connectivity index (χ2n) is 27.5. The van der Waals surface area contributed by atoms with Gasteiger partial charge in [-0.15, -0.1) is 0 Å². The standard InChI is InChI=1S/C81H83N3/c1-79(2,3)65-40-43-82-76(51-65)57-34-30-55(31-35-57)68-24-13-15-26-70(68)62-47-63(71-27-16-14-25-69(71)56-32-36-58(37-33-56)77-52-66(41-44-83-77)80(4,5)6)49-64(48-62)72-28-17-18-29-73(72)74-39-38-61(78-53-67(42-45-84-78)81(7,8)9)50-75(74)60-23-19-22-59(46-60)54-20-11-10-12-21-54/h13-19,22-46,50-54,62-64H,10-12,20-21,47-49H2,1-9H3. The van der Waals surface area contributed by atoms with Gasteiger partial charge in [0.1, 0.15) is 0 Å². The third kappa shape index (κ3) is 12.2. The fraction of sp³-hybridized carbons (Fsp3) is 0.296. The molecule has 10 aromatic rings. The molecule has 3 nitrogen and oxygen atoms in total. The molecule has 2 aliphatic carbocycles. The fourth-order valence-corrected chi connectivity index (χ4v) is 13.8. The molecule has 422 valence electrons. The van der Waals surface area contributed by atoms with Crippen LogP contribution in [0.4, 0.5) is 0 Å². The van der Waals surface area contributed by atoms with E-state index in [1.54, 1.807) is 0 Å². The first kappa shape index (κ1) is 56.5. The Labute approximate surface area is 501 Å². The van der Waals surface area contributed by atoms with E-state index in [2.05, 4.69) is 263 Å². The average Bonchev–Trinajstić information content (AvgIpc) is 3.41. The van der Waals surface area contributed by atoms with Gasteiger partial charge in [0, 0.05) is 35.3 Å². The third-order valence-corrected chi connectivity index (χ3v) is 18.6. The molecule has 2 atom stereocenters. The van der Waals surface area contributed by atoms with Gasteiger partial charge in [-0.2, -0.15) is 0 Å². The van der Waals surface area contributed by atoms with Gasteiger partial charge in [-0.3, -0.25) is 15.0 Å². The molecule has 3 heterocycles. The Morgan fingerprint density at radius 2 is 0.679 bits per heavy atom. The Balaban J connectivity index is 0.970. The first-order valence-corrected chi connectivity index (χ1v) is 31.1. The Kier molecular flexibility index (Phi) is 15.8. The van der Waals surface area contributed by atoms with Crippen molar-refractivity contribution in [3.8, 4) is 78.3 Å². The molecule has 0 radical (unpaired) electrons. The van der Waals surface area contributed by atoms with E-state index < -0.39 is 0 Å². The number of pyridine rings is 3. The summed E-state index contributed by atoms with van der Waals surface area (Å²) in [4.78, 5) is 14.7. The van der Waals surface area contributed by atoms with E-state index in [0.29, 0.717) is 5.92 Å². The van der Waals surface area contributed by atoms with E-state index in [1.807, 2.05) is 18.6 Å². The Bertz CT molecular complexity index is 3780. The molecule has 2 saturated carbocycles. The molecule has 0 spiro atoms. The molecular weight excluding hydrogens is 1010 g/mol. The second-order valence-corrected chi connectivity index (χ2v) is 27.5. The molecule has 0 N–H and O–H groups in total. The summed E-state index contributed by atoms with van der Waals surface area (Å²) in [7, 11) is 0. The molecule has 2 unspecified atom stereocenters. The van der Waals surface area contributed by atoms with Gasteiger partial charge in [0.25, 0.3) is 0 Å². The monoisotopic (exact) mass is 1100 g/mol. The Morgan fingerprint density at radius 3 is 1.13 bits per heavy atom. The first-order chi connectivity index (χ1) is 40.5. The topological polar surface area (TPSA) is 38.7 Å². The highest BCUT2D eigenvalue weighted by molar-refractivity contribution is 5.88. The molecule has 0 aliphatic heterocycles. The third-order valence-electron chi connectivity index (χ3n) is 18.6. The van der Waals surface area contributed by atoms with Crippen molar-refractivity contribution in [2.45, 2.75) is 154 Å². The van der Waals surface area contributed by atoms with E-state index in [4.69, 9.17) is 15.0 Å². The smallest absolute Gasteiger partial charge is 0.0705 e. The summed E-state index contributed by atoms with van der Waals surface area (Å²) in [6.07, 6.45) is 15.5. The molecule has 3 aromatic heterocycles. The van der Waals surface area contributed by atoms with E-state index >= 15 is 0 Å². The SMILES string of the molecule is CC(C)(C)c1ccnc(-c2ccc(-c3ccccc3C3CC(c4ccccc4-c4ccc(-c5cc(C(C)(C)C)ccn5)cc4)CC(c4ccccc4-c4ccc(-c5cc(C(C)(C)C)ccn5)cc4-c4cccc(C5CCCCC5)c4)C3)cc2)c1. The van der Waals surface area contributed by atoms with Crippen LogP contribution in [0.1, 0.15) is 176 Å². The molecule has 0 bridgehead atoms. The van der Waals surface area contributed by atoms with Crippen LogP contribution in [0.5, 0.6) is 0 Å². The molecule has 84 heavy (non-hydrogen) atoms. The van der Waals surface area contributed by atoms with E-state index in [0.717, 1.165) is 53.0 Å². The quantitative estimate of drug-likeness (QED) is 0.130. The number of aromatic nitrogens is 3. The van der Waals surface area contributed by atoms with Crippen LogP contribution in [0.15, 0.2) is 219 Å². The fourth-order valence-electron chi connectivity index (χ4n) is 13.8. The van der Waals surface area contributed by atoms with Crippen molar-refractivity contribution < 1.29 is 0 Å². The summed E-state index contributed by atoms with van der Waals surface area (Å²) in [5.41, 5.74) is 26.4. The highest BCUT2D eigenvalue weighted by atomic mass is 14.7. The van der Waals surface area contributed by atoms with Crippen molar-refractivity contribution in [2.75, 3.05) is 0 Å². The van der Waals surface area contributed by atoms with Crippen LogP contribution >= 0.6 is 0 Å². The summed E-state index contributed by atoms with van der Waals surface area (Å²) in [6.45, 7) is 20.5. The summed E-state index contributed by atoms with van der Waals surface area (Å²) in [6, 6.07) is 76.5. The molecule has 3 heteroatoms. The van der Waals surface area contributed by atoms with Crippen molar-refractivity contribution in [1.29, 1.82) is 0 Å². The minimum atomic E-state index is 0.00734. The number of nitrogens with zero attached hydrogens (tertiary/aromatic N) is 3. The summed E-state index contributed by atoms with van der Waals surface area (Å²) in [5.74, 6) is 1.44. The zero-order valence-electron chi connectivity index (χ0n) is 51.1. The largest absolute Gasteiger partial charge is 0.256 e. The van der Waals surface area contributed by atoms with Gasteiger partial charge >= 0.3 is 0 Å². The maximum absolute atomic E-state index is 5.03. The first-order valence-electron chi connectivity index (χ1n) is 31.1. The summed E-state index contributed by atoms with van der Waals surface area (Å²) in [5, 5.41) is 0. The van der Waals surface area contributed by atoms with Crippen LogP contribution in [0.2, 0.25) is 0 Å². The molecule has 0 saturated heterocycles. The van der Waals surface area contributed by atoms with Crippen LogP contribution in [0, 0.1) is 0 Å². The normalized spacial score (nSPS) is 17.0. The van der Waals surface area contributed by atoms with Gasteiger partial charge in [0.15, 0.2) is 0 Å². The molecular formula is C81H83N3. The lowest BCUT2D eigenvalue weighted by atomic mass is 9.66. The molecule has 2 aliphatic rings. The van der Waals surface area contributed by atoms with Gasteiger partial charge in [-0.05, 0) is 198 Å². The van der Waals surface area contributed by atoms with Crippen molar-refractivity contribution in [1.82, 2.24) is 15.0 Å². The number of hydrogen-bond acceptors (Lipinski definition) is 3. The highest BCUT2D eigenvalue weighted by Crippen LogP contribution is 2.53. The average molecular weight is 1100 g/mol. The summed E-state index contributed by atoms with van der Waals surface area (Å²) < 4.78 is 0. The van der Waals surface area contributed by atoms with E-state index in [1.165, 1.54) is 116 Å². The molecule has 12 rings (SSSR count). The van der Waals surface area contributed by atoms with Gasteiger partial charge in [-0.1, -0.05) is 239 Å². The van der Waals surface area contributed by atoms with Gasteiger partial charge < -0.3 is 0 Å². The number of hydrogen-bond donors (Lipinski definition) is 0. The molecule has 2 fully saturated rings. The van der Waals surface area contributed by atoms with Crippen molar-refractivity contribution in [3.63, 3.8) is 0 Å². The van der Waals surface area contributed by atoms with E-state index in [-0.39, 0.29) is 34.0 Å². The van der Waals surface area contributed by atoms with Crippen molar-refractivity contribution in [2.24, 2.45) is 0 Å². The summed E-state index contributed by atoms with van der Waals surface area (Å²) >= 11 is 0. The minimum absolute atomic E-state index is 0.00734. The van der Waals surface area contributed by atoms with Crippen LogP contribution < -0.4 is 0 Å². The maximum atomic E-state index is 5.03. The number of rotatable bonds is 11. The van der Waals surface area contributed by atoms with Crippen molar-refractivity contribution in [3.05, 3.63) is 258 Å². The lowest BCUT2D eigenvalue weighted by Gasteiger charge is -2.38. The Morgan fingerprint density at radius 1 is 0.286 bits per heavy atom. The zero-order chi connectivity index (χ0) is 58.2. The van der Waals surface area contributed by atoms with Crippen LogP contribution in [0.3, 0.4) is 0 Å². The lowest BCUT2D eigenvalue weighted by molar-refractivity contribution is 0.353. The number of benzene rings is 7. The van der Waals surface area contributed by atoms with E-state index in [9.17, 15) is 0 Å². The Hall–Kier alpha value is -8.01. The predicted octanol–water partition coefficient (Wildman–Crippen LogP) is 22.3. The molecule has 0 amide bonds. The van der Waals surface area contributed by atoms with Gasteiger partial charge in [0.05, 0.1) is 17.1 Å². The van der Waals surface area contributed by atoms with Crippen LogP contribution in [-0.2, 0) is 16.2 Å². The van der Waals surface area contributed by atoms with Crippen LogP contribution in [0.25, 0.3) is 78.3 Å². The maximum Gasteiger partial charge on any atom is 0.0705 e. The second kappa shape index (κ2) is 23.6. The van der Waals surface area contributed by atoms with Gasteiger partial charge in [-0.25, -0.2) is 0 Å². The highest BCUT2D eigenvalue weighted by Gasteiger charge is 2.35. The molecule has 7 aromatic carbocycles. The van der Waals surface area contributed by atoms with Gasteiger partial charge in [0.2, 0.25) is 0 Å². The minimum Gasteiger partial charge on any atom is -0.256 e. The lowest BCUT2D eigenvalue weighted by Crippen LogP contribution is -2.21. The predicted molar refractivity (Wildman–Crippen MR) is 355 cm³/mol.